The van der Waals surface area contributed by atoms with Gasteiger partial charge in [-0.3, -0.25) is 9.69 Å². The molecule has 3 amide bonds. The Kier molecular flexibility index (Phi) is 6.66. The van der Waals surface area contributed by atoms with E-state index in [0.717, 1.165) is 32.7 Å². The number of amides is 3. The molecule has 0 aliphatic carbocycles. The number of hydrogen-bond acceptors (Lipinski definition) is 3. The number of unbranched alkanes of at least 4 members (excludes halogenated alkanes) is 1. The summed E-state index contributed by atoms with van der Waals surface area (Å²) in [6.45, 7) is 7.91. The molecule has 2 fully saturated rings. The van der Waals surface area contributed by atoms with Crippen LogP contribution in [0.1, 0.15) is 25.3 Å². The summed E-state index contributed by atoms with van der Waals surface area (Å²) >= 11 is 0. The van der Waals surface area contributed by atoms with Crippen LogP contribution >= 0.6 is 0 Å². The SMILES string of the molecule is CCCCN1CCN(C(=O)CN2CCN(Cc3ccccc3F)C2=O)CC1. The summed E-state index contributed by atoms with van der Waals surface area (Å²) in [5.41, 5.74) is 0.502. The summed E-state index contributed by atoms with van der Waals surface area (Å²) < 4.78 is 13.8. The van der Waals surface area contributed by atoms with Gasteiger partial charge in [-0.2, -0.15) is 0 Å². The van der Waals surface area contributed by atoms with Crippen LogP contribution in [0.5, 0.6) is 0 Å². The van der Waals surface area contributed by atoms with Crippen LogP contribution in [0.15, 0.2) is 24.3 Å². The van der Waals surface area contributed by atoms with Crippen molar-refractivity contribution in [3.8, 4) is 0 Å². The molecule has 7 heteroatoms. The van der Waals surface area contributed by atoms with E-state index in [1.807, 2.05) is 4.90 Å². The summed E-state index contributed by atoms with van der Waals surface area (Å²) in [6.07, 6.45) is 2.37. The van der Waals surface area contributed by atoms with Crippen molar-refractivity contribution >= 4 is 11.9 Å². The van der Waals surface area contributed by atoms with Gasteiger partial charge in [0.05, 0.1) is 6.54 Å². The van der Waals surface area contributed by atoms with Gasteiger partial charge >= 0.3 is 6.03 Å². The summed E-state index contributed by atoms with van der Waals surface area (Å²) in [7, 11) is 0. The smallest absolute Gasteiger partial charge is 0.320 e. The molecule has 27 heavy (non-hydrogen) atoms. The van der Waals surface area contributed by atoms with Crippen LogP contribution in [0.25, 0.3) is 0 Å². The van der Waals surface area contributed by atoms with E-state index in [9.17, 15) is 14.0 Å². The highest BCUT2D eigenvalue weighted by Gasteiger charge is 2.32. The molecule has 148 valence electrons. The molecule has 2 saturated heterocycles. The first-order valence-electron chi connectivity index (χ1n) is 9.86. The van der Waals surface area contributed by atoms with E-state index in [1.165, 1.54) is 18.9 Å². The molecule has 0 saturated carbocycles. The summed E-state index contributed by atoms with van der Waals surface area (Å²) in [5.74, 6) is -0.299. The van der Waals surface area contributed by atoms with Gasteiger partial charge in [-0.1, -0.05) is 31.5 Å². The zero-order valence-electron chi connectivity index (χ0n) is 16.1. The first kappa shape index (κ1) is 19.6. The second-order valence-electron chi connectivity index (χ2n) is 7.29. The molecule has 2 aliphatic heterocycles. The monoisotopic (exact) mass is 376 g/mol. The molecular weight excluding hydrogens is 347 g/mol. The Morgan fingerprint density at radius 1 is 1.04 bits per heavy atom. The molecule has 0 unspecified atom stereocenters. The van der Waals surface area contributed by atoms with Crippen molar-refractivity contribution in [2.75, 3.05) is 52.4 Å². The minimum atomic E-state index is -0.305. The van der Waals surface area contributed by atoms with Crippen LogP contribution < -0.4 is 0 Å². The van der Waals surface area contributed by atoms with Crippen molar-refractivity contribution < 1.29 is 14.0 Å². The fourth-order valence-corrected chi connectivity index (χ4v) is 3.62. The lowest BCUT2D eigenvalue weighted by molar-refractivity contribution is -0.133. The third-order valence-corrected chi connectivity index (χ3v) is 5.38. The fraction of sp³-hybridized carbons (Fsp3) is 0.600. The fourth-order valence-electron chi connectivity index (χ4n) is 3.62. The molecule has 3 rings (SSSR count). The second kappa shape index (κ2) is 9.17. The third kappa shape index (κ3) is 4.97. The van der Waals surface area contributed by atoms with Gasteiger partial charge in [0.1, 0.15) is 12.4 Å². The average Bonchev–Trinajstić information content (AvgIpc) is 3.02. The number of benzene rings is 1. The Hall–Kier alpha value is -2.15. The van der Waals surface area contributed by atoms with E-state index in [1.54, 1.807) is 28.0 Å². The summed E-state index contributed by atoms with van der Waals surface area (Å²) in [4.78, 5) is 32.6. The lowest BCUT2D eigenvalue weighted by Crippen LogP contribution is -2.51. The van der Waals surface area contributed by atoms with Gasteiger partial charge in [0.15, 0.2) is 0 Å². The molecule has 1 aromatic rings. The van der Waals surface area contributed by atoms with Gasteiger partial charge < -0.3 is 14.7 Å². The maximum absolute atomic E-state index is 13.8. The van der Waals surface area contributed by atoms with Crippen molar-refractivity contribution in [2.24, 2.45) is 0 Å². The molecule has 0 aromatic heterocycles. The quantitative estimate of drug-likeness (QED) is 0.731. The normalized spacial score (nSPS) is 18.4. The molecule has 6 nitrogen and oxygen atoms in total. The number of nitrogens with zero attached hydrogens (tertiary/aromatic N) is 4. The second-order valence-corrected chi connectivity index (χ2v) is 7.29. The highest BCUT2D eigenvalue weighted by molar-refractivity contribution is 5.85. The Labute approximate surface area is 160 Å². The number of halogens is 1. The predicted molar refractivity (Wildman–Crippen MR) is 102 cm³/mol. The van der Waals surface area contributed by atoms with Gasteiger partial charge in [0.2, 0.25) is 5.91 Å². The van der Waals surface area contributed by atoms with Crippen LogP contribution in [0.4, 0.5) is 9.18 Å². The Morgan fingerprint density at radius 3 is 2.44 bits per heavy atom. The summed E-state index contributed by atoms with van der Waals surface area (Å²) in [5, 5.41) is 0. The standard InChI is InChI=1S/C20H29FN4O2/c1-2-3-8-22-9-11-23(12-10-22)19(26)16-25-14-13-24(20(25)27)15-17-6-4-5-7-18(17)21/h4-7H,2-3,8-16H2,1H3. The number of urea groups is 1. The maximum Gasteiger partial charge on any atom is 0.320 e. The number of hydrogen-bond donors (Lipinski definition) is 0. The van der Waals surface area contributed by atoms with E-state index in [2.05, 4.69) is 11.8 Å². The maximum atomic E-state index is 13.8. The van der Waals surface area contributed by atoms with E-state index in [4.69, 9.17) is 0 Å². The van der Waals surface area contributed by atoms with Crippen molar-refractivity contribution in [3.05, 3.63) is 35.6 Å². The zero-order valence-corrected chi connectivity index (χ0v) is 16.1. The number of piperazine rings is 1. The van der Waals surface area contributed by atoms with Gasteiger partial charge in [0.25, 0.3) is 0 Å². The van der Waals surface area contributed by atoms with Crippen LogP contribution in [0.2, 0.25) is 0 Å². The lowest BCUT2D eigenvalue weighted by atomic mass is 10.2. The van der Waals surface area contributed by atoms with Gasteiger partial charge in [0, 0.05) is 44.8 Å². The van der Waals surface area contributed by atoms with Gasteiger partial charge in [-0.05, 0) is 19.0 Å². The minimum absolute atomic E-state index is 0.00577. The van der Waals surface area contributed by atoms with Gasteiger partial charge in [-0.15, -0.1) is 0 Å². The predicted octanol–water partition coefficient (Wildman–Crippen LogP) is 2.01. The Balaban J connectivity index is 1.47. The highest BCUT2D eigenvalue weighted by Crippen LogP contribution is 2.16. The highest BCUT2D eigenvalue weighted by atomic mass is 19.1. The third-order valence-electron chi connectivity index (χ3n) is 5.38. The number of rotatable bonds is 7. The Morgan fingerprint density at radius 2 is 1.74 bits per heavy atom. The van der Waals surface area contributed by atoms with Crippen LogP contribution in [0.3, 0.4) is 0 Å². The topological polar surface area (TPSA) is 47.1 Å². The van der Waals surface area contributed by atoms with E-state index < -0.39 is 0 Å². The molecule has 0 atom stereocenters. The van der Waals surface area contributed by atoms with E-state index in [-0.39, 0.29) is 30.8 Å². The minimum Gasteiger partial charge on any atom is -0.339 e. The number of carbonyl (C=O) groups excluding carboxylic acids is 2. The largest absolute Gasteiger partial charge is 0.339 e. The van der Waals surface area contributed by atoms with Crippen molar-refractivity contribution in [1.29, 1.82) is 0 Å². The van der Waals surface area contributed by atoms with Crippen LogP contribution in [-0.2, 0) is 11.3 Å². The first-order valence-corrected chi connectivity index (χ1v) is 9.86. The summed E-state index contributed by atoms with van der Waals surface area (Å²) in [6, 6.07) is 6.30. The molecule has 2 heterocycles. The van der Waals surface area contributed by atoms with E-state index >= 15 is 0 Å². The molecule has 2 aliphatic rings. The van der Waals surface area contributed by atoms with Crippen molar-refractivity contribution in [3.63, 3.8) is 0 Å². The Bertz CT molecular complexity index is 661. The van der Waals surface area contributed by atoms with Crippen molar-refractivity contribution in [1.82, 2.24) is 19.6 Å². The molecule has 0 bridgehead atoms. The molecule has 0 spiro atoms. The first-order chi connectivity index (χ1) is 13.1. The van der Waals surface area contributed by atoms with Gasteiger partial charge in [-0.25, -0.2) is 9.18 Å². The van der Waals surface area contributed by atoms with Crippen LogP contribution in [0, 0.1) is 5.82 Å². The van der Waals surface area contributed by atoms with Crippen LogP contribution in [-0.4, -0.2) is 83.9 Å². The van der Waals surface area contributed by atoms with E-state index in [0.29, 0.717) is 18.7 Å². The lowest BCUT2D eigenvalue weighted by Gasteiger charge is -2.35. The van der Waals surface area contributed by atoms with Crippen molar-refractivity contribution in [2.45, 2.75) is 26.3 Å². The average molecular weight is 376 g/mol. The molecular formula is C20H29FN4O2. The molecule has 0 N–H and O–H groups in total. The molecule has 0 radical (unpaired) electrons. The zero-order chi connectivity index (χ0) is 19.2. The number of carbonyl (C=O) groups is 2. The molecule has 1 aromatic carbocycles.